The van der Waals surface area contributed by atoms with Gasteiger partial charge in [-0.25, -0.2) is 5.84 Å². The zero-order valence-corrected chi connectivity index (χ0v) is 10.8. The number of carbonyl (C=O) groups excluding carboxylic acids is 1. The van der Waals surface area contributed by atoms with Gasteiger partial charge in [-0.3, -0.25) is 10.2 Å². The molecule has 0 atom stereocenters. The van der Waals surface area contributed by atoms with Crippen molar-refractivity contribution in [3.05, 3.63) is 54.0 Å². The van der Waals surface area contributed by atoms with Gasteiger partial charge in [0.05, 0.1) is 12.1 Å². The molecule has 1 aromatic carbocycles. The minimum Gasteiger partial charge on any atom is -0.467 e. The Kier molecular flexibility index (Phi) is 4.20. The molecule has 1 amide bonds. The second kappa shape index (κ2) is 6.06. The van der Waals surface area contributed by atoms with E-state index in [4.69, 9.17) is 10.3 Å². The summed E-state index contributed by atoms with van der Waals surface area (Å²) in [5, 5.41) is 0. The summed E-state index contributed by atoms with van der Waals surface area (Å²) < 4.78 is 5.38. The molecule has 0 aliphatic heterocycles. The number of hydrogen-bond donors (Lipinski definition) is 2. The Labute approximate surface area is 112 Å². The van der Waals surface area contributed by atoms with Crippen molar-refractivity contribution in [1.29, 1.82) is 0 Å². The number of amides is 1. The number of nitrogens with two attached hydrogens (primary N) is 1. The van der Waals surface area contributed by atoms with Crippen molar-refractivity contribution in [3.63, 3.8) is 0 Å². The van der Waals surface area contributed by atoms with Crippen molar-refractivity contribution in [3.8, 4) is 0 Å². The van der Waals surface area contributed by atoms with Crippen molar-refractivity contribution >= 4 is 11.6 Å². The van der Waals surface area contributed by atoms with Gasteiger partial charge in [-0.1, -0.05) is 18.2 Å². The third-order valence-corrected chi connectivity index (χ3v) is 2.90. The van der Waals surface area contributed by atoms with Crippen LogP contribution in [0.5, 0.6) is 0 Å². The maximum atomic E-state index is 11.3. The lowest BCUT2D eigenvalue weighted by Gasteiger charge is -2.21. The number of benzene rings is 1. The van der Waals surface area contributed by atoms with E-state index in [0.29, 0.717) is 12.1 Å². The molecule has 0 saturated heterocycles. The maximum Gasteiger partial charge on any atom is 0.268 e. The van der Waals surface area contributed by atoms with Gasteiger partial charge in [-0.15, -0.1) is 0 Å². The van der Waals surface area contributed by atoms with E-state index >= 15 is 0 Å². The molecular formula is C14H17N3O2. The molecular weight excluding hydrogens is 242 g/mol. The van der Waals surface area contributed by atoms with E-state index in [1.165, 1.54) is 6.26 Å². The molecule has 1 aromatic heterocycles. The van der Waals surface area contributed by atoms with Crippen LogP contribution in [0, 0.1) is 0 Å². The van der Waals surface area contributed by atoms with Crippen molar-refractivity contribution in [2.75, 3.05) is 11.4 Å². The molecule has 3 N–H and O–H groups in total. The lowest BCUT2D eigenvalue weighted by molar-refractivity contribution is 0.0953. The molecule has 0 aliphatic rings. The molecule has 100 valence electrons. The fraction of sp³-hybridized carbons (Fsp3) is 0.214. The van der Waals surface area contributed by atoms with Gasteiger partial charge in [0.25, 0.3) is 5.91 Å². The quantitative estimate of drug-likeness (QED) is 0.489. The van der Waals surface area contributed by atoms with Gasteiger partial charge >= 0.3 is 0 Å². The molecule has 2 rings (SSSR count). The number of nitrogens with one attached hydrogen (secondary N) is 1. The Morgan fingerprint density at radius 3 is 2.74 bits per heavy atom. The summed E-state index contributed by atoms with van der Waals surface area (Å²) in [6, 6.07) is 11.8. The minimum absolute atomic E-state index is 0.349. The molecule has 19 heavy (non-hydrogen) atoms. The molecule has 0 radical (unpaired) electrons. The van der Waals surface area contributed by atoms with Crippen molar-refractivity contribution in [1.82, 2.24) is 5.43 Å². The molecule has 0 unspecified atom stereocenters. The van der Waals surface area contributed by atoms with Crippen LogP contribution in [-0.4, -0.2) is 12.5 Å². The Hall–Kier alpha value is -2.27. The van der Waals surface area contributed by atoms with Crippen LogP contribution in [0.4, 0.5) is 5.69 Å². The van der Waals surface area contributed by atoms with Gasteiger partial charge in [-0.2, -0.15) is 0 Å². The predicted octanol–water partition coefficient (Wildman–Crippen LogP) is 1.91. The first-order valence-corrected chi connectivity index (χ1v) is 6.13. The van der Waals surface area contributed by atoms with E-state index in [1.54, 1.807) is 6.07 Å². The van der Waals surface area contributed by atoms with Gasteiger partial charge in [-0.05, 0) is 25.1 Å². The highest BCUT2D eigenvalue weighted by Gasteiger charge is 2.11. The molecule has 5 nitrogen and oxygen atoms in total. The molecule has 2 aromatic rings. The van der Waals surface area contributed by atoms with Gasteiger partial charge in [0.15, 0.2) is 0 Å². The van der Waals surface area contributed by atoms with Crippen LogP contribution in [0.25, 0.3) is 0 Å². The Bertz CT molecular complexity index is 537. The van der Waals surface area contributed by atoms with Crippen molar-refractivity contribution in [2.24, 2.45) is 5.84 Å². The number of hydrazine groups is 1. The highest BCUT2D eigenvalue weighted by molar-refractivity contribution is 5.93. The number of anilines is 1. The molecule has 0 spiro atoms. The normalized spacial score (nSPS) is 10.2. The van der Waals surface area contributed by atoms with Gasteiger partial charge in [0.1, 0.15) is 12.0 Å². The Balaban J connectivity index is 2.11. The van der Waals surface area contributed by atoms with E-state index in [0.717, 1.165) is 18.0 Å². The largest absolute Gasteiger partial charge is 0.467 e. The lowest BCUT2D eigenvalue weighted by atomic mass is 10.2. The Morgan fingerprint density at radius 2 is 2.11 bits per heavy atom. The molecule has 0 saturated carbocycles. The molecule has 0 fully saturated rings. The average Bonchev–Trinajstić information content (AvgIpc) is 2.93. The molecule has 0 bridgehead atoms. The zero-order valence-electron chi connectivity index (χ0n) is 10.8. The zero-order chi connectivity index (χ0) is 13.7. The monoisotopic (exact) mass is 259 g/mol. The van der Waals surface area contributed by atoms with Gasteiger partial charge in [0.2, 0.25) is 0 Å². The van der Waals surface area contributed by atoms with Crippen LogP contribution in [-0.2, 0) is 6.54 Å². The number of carbonyl (C=O) groups is 1. The highest BCUT2D eigenvalue weighted by Crippen LogP contribution is 2.17. The number of rotatable bonds is 5. The second-order valence-corrected chi connectivity index (χ2v) is 4.12. The highest BCUT2D eigenvalue weighted by atomic mass is 16.3. The van der Waals surface area contributed by atoms with Crippen molar-refractivity contribution in [2.45, 2.75) is 13.5 Å². The fourth-order valence-electron chi connectivity index (χ4n) is 1.88. The number of para-hydroxylation sites is 1. The van der Waals surface area contributed by atoms with Crippen LogP contribution in [0.3, 0.4) is 0 Å². The molecule has 0 aliphatic carbocycles. The second-order valence-electron chi connectivity index (χ2n) is 4.12. The first kappa shape index (κ1) is 13.2. The number of nitrogens with zero attached hydrogens (tertiary/aromatic N) is 1. The standard InChI is InChI=1S/C14H17N3O2/c1-2-17(12-6-4-3-5-7-12)9-13-8-11(10-19-13)14(18)16-15/h3-8,10H,2,9,15H2,1H3,(H,16,18). The Morgan fingerprint density at radius 1 is 1.37 bits per heavy atom. The first-order valence-electron chi connectivity index (χ1n) is 6.13. The number of nitrogen functional groups attached to an aromatic ring is 1. The topological polar surface area (TPSA) is 71.5 Å². The van der Waals surface area contributed by atoms with Crippen LogP contribution in [0.15, 0.2) is 47.1 Å². The summed E-state index contributed by atoms with van der Waals surface area (Å²) in [5.41, 5.74) is 3.63. The van der Waals surface area contributed by atoms with E-state index < -0.39 is 0 Å². The van der Waals surface area contributed by atoms with Crippen LogP contribution < -0.4 is 16.2 Å². The summed E-state index contributed by atoms with van der Waals surface area (Å²) in [6.45, 7) is 3.53. The maximum absolute atomic E-state index is 11.3. The smallest absolute Gasteiger partial charge is 0.268 e. The summed E-state index contributed by atoms with van der Waals surface area (Å²) in [4.78, 5) is 13.5. The summed E-state index contributed by atoms with van der Waals surface area (Å²) in [7, 11) is 0. The van der Waals surface area contributed by atoms with Crippen LogP contribution in [0.1, 0.15) is 23.0 Å². The van der Waals surface area contributed by atoms with E-state index in [-0.39, 0.29) is 5.91 Å². The van der Waals surface area contributed by atoms with E-state index in [2.05, 4.69) is 17.2 Å². The average molecular weight is 259 g/mol. The minimum atomic E-state index is -0.349. The lowest BCUT2D eigenvalue weighted by Crippen LogP contribution is -2.29. The van der Waals surface area contributed by atoms with Crippen molar-refractivity contribution < 1.29 is 9.21 Å². The fourth-order valence-corrected chi connectivity index (χ4v) is 1.88. The number of hydrogen-bond acceptors (Lipinski definition) is 4. The summed E-state index contributed by atoms with van der Waals surface area (Å²) in [6.07, 6.45) is 1.41. The van der Waals surface area contributed by atoms with Crippen LogP contribution >= 0.6 is 0 Å². The van der Waals surface area contributed by atoms with Crippen LogP contribution in [0.2, 0.25) is 0 Å². The predicted molar refractivity (Wildman–Crippen MR) is 73.5 cm³/mol. The summed E-state index contributed by atoms with van der Waals surface area (Å²) >= 11 is 0. The third-order valence-electron chi connectivity index (χ3n) is 2.90. The SMILES string of the molecule is CCN(Cc1cc(C(=O)NN)co1)c1ccccc1. The summed E-state index contributed by atoms with van der Waals surface area (Å²) in [5.74, 6) is 5.46. The van der Waals surface area contributed by atoms with E-state index in [9.17, 15) is 4.79 Å². The molecule has 1 heterocycles. The van der Waals surface area contributed by atoms with Gasteiger partial charge < -0.3 is 9.32 Å². The van der Waals surface area contributed by atoms with E-state index in [1.807, 2.05) is 30.3 Å². The third kappa shape index (κ3) is 3.14. The first-order chi connectivity index (χ1) is 9.24. The number of furan rings is 1. The molecule has 5 heteroatoms. The van der Waals surface area contributed by atoms with Gasteiger partial charge in [0, 0.05) is 12.2 Å².